The van der Waals surface area contributed by atoms with Crippen LogP contribution in [-0.2, 0) is 12.1 Å². The van der Waals surface area contributed by atoms with E-state index in [0.717, 1.165) is 26.2 Å². The molecule has 1 aromatic heterocycles. The van der Waals surface area contributed by atoms with Gasteiger partial charge in [0.1, 0.15) is 0 Å². The van der Waals surface area contributed by atoms with Crippen LogP contribution >= 0.6 is 27.3 Å². The van der Waals surface area contributed by atoms with Gasteiger partial charge in [-0.1, -0.05) is 30.3 Å². The zero-order valence-electron chi connectivity index (χ0n) is 12.3. The summed E-state index contributed by atoms with van der Waals surface area (Å²) < 4.78 is 1.22. The Hall–Kier alpha value is -0.680. The van der Waals surface area contributed by atoms with E-state index in [9.17, 15) is 0 Å². The largest absolute Gasteiger partial charge is 0.307 e. The Morgan fingerprint density at radius 3 is 2.76 bits per heavy atom. The maximum Gasteiger partial charge on any atom is 0.0701 e. The summed E-state index contributed by atoms with van der Waals surface area (Å²) in [4.78, 5) is 4.00. The van der Waals surface area contributed by atoms with Gasteiger partial charge in [0.05, 0.1) is 9.33 Å². The molecule has 1 atom stereocenters. The molecule has 2 heterocycles. The van der Waals surface area contributed by atoms with E-state index < -0.39 is 0 Å². The minimum atomic E-state index is 0.0340. The quantitative estimate of drug-likeness (QED) is 0.876. The van der Waals surface area contributed by atoms with Crippen LogP contribution in [0.15, 0.2) is 46.3 Å². The Morgan fingerprint density at radius 1 is 1.24 bits per heavy atom. The van der Waals surface area contributed by atoms with E-state index in [1.54, 1.807) is 0 Å². The monoisotopic (exact) mass is 364 g/mol. The molecule has 0 amide bonds. The summed E-state index contributed by atoms with van der Waals surface area (Å²) in [5, 5.41) is 3.75. The van der Waals surface area contributed by atoms with Gasteiger partial charge < -0.3 is 5.32 Å². The molecule has 0 saturated carbocycles. The van der Waals surface area contributed by atoms with Gasteiger partial charge in [-0.2, -0.15) is 0 Å². The van der Waals surface area contributed by atoms with Gasteiger partial charge in [-0.3, -0.25) is 4.90 Å². The summed E-state index contributed by atoms with van der Waals surface area (Å²) in [7, 11) is 0. The average Bonchev–Trinajstić information content (AvgIpc) is 2.79. The van der Waals surface area contributed by atoms with Crippen molar-refractivity contribution in [1.82, 2.24) is 10.2 Å². The molecule has 4 heteroatoms. The fraction of sp³-hybridized carbons (Fsp3) is 0.412. The molecule has 21 heavy (non-hydrogen) atoms. The van der Waals surface area contributed by atoms with E-state index >= 15 is 0 Å². The Labute approximate surface area is 139 Å². The van der Waals surface area contributed by atoms with Crippen LogP contribution < -0.4 is 5.32 Å². The van der Waals surface area contributed by atoms with Crippen LogP contribution in [0.4, 0.5) is 0 Å². The van der Waals surface area contributed by atoms with E-state index in [1.165, 1.54) is 20.6 Å². The van der Waals surface area contributed by atoms with Gasteiger partial charge in [-0.05, 0) is 60.1 Å². The van der Waals surface area contributed by atoms with Crippen LogP contribution in [0.1, 0.15) is 23.8 Å². The first-order valence-electron chi connectivity index (χ1n) is 7.43. The highest BCUT2D eigenvalue weighted by molar-refractivity contribution is 9.11. The number of hydrogen-bond donors (Lipinski definition) is 1. The predicted octanol–water partition coefficient (Wildman–Crippen LogP) is 4.22. The molecule has 0 aliphatic carbocycles. The fourth-order valence-electron chi connectivity index (χ4n) is 3.04. The lowest BCUT2D eigenvalue weighted by molar-refractivity contribution is 0.215. The lowest BCUT2D eigenvalue weighted by Gasteiger charge is -2.34. The summed E-state index contributed by atoms with van der Waals surface area (Å²) in [6.45, 7) is 6.65. The molecule has 112 valence electrons. The number of rotatable bonds is 3. The summed E-state index contributed by atoms with van der Waals surface area (Å²) in [6, 6.07) is 15.2. The van der Waals surface area contributed by atoms with Crippen LogP contribution in [0.2, 0.25) is 0 Å². The molecule has 2 aromatic rings. The van der Waals surface area contributed by atoms with Crippen molar-refractivity contribution in [2.24, 2.45) is 0 Å². The van der Waals surface area contributed by atoms with Crippen molar-refractivity contribution >= 4 is 27.3 Å². The van der Waals surface area contributed by atoms with Crippen molar-refractivity contribution in [3.63, 3.8) is 0 Å². The first-order valence-corrected chi connectivity index (χ1v) is 9.04. The highest BCUT2D eigenvalue weighted by atomic mass is 79.9. The molecule has 1 saturated heterocycles. The Kier molecular flexibility index (Phi) is 4.79. The topological polar surface area (TPSA) is 15.3 Å². The summed E-state index contributed by atoms with van der Waals surface area (Å²) in [6.07, 6.45) is 1.20. The van der Waals surface area contributed by atoms with Crippen molar-refractivity contribution in [3.8, 4) is 0 Å². The Bertz CT molecular complexity index is 583. The molecule has 1 unspecified atom stereocenters. The standard InChI is InChI=1S/C17H21BrN2S/c1-17(14-6-3-2-4-7-14)13-20(11-5-10-19-17)12-15-8-9-16(18)21-15/h2-4,6-9,19H,5,10-13H2,1H3. The molecule has 1 aliphatic heterocycles. The second-order valence-electron chi connectivity index (χ2n) is 5.89. The van der Waals surface area contributed by atoms with Crippen molar-refractivity contribution in [2.75, 3.05) is 19.6 Å². The van der Waals surface area contributed by atoms with Gasteiger partial charge in [-0.15, -0.1) is 11.3 Å². The van der Waals surface area contributed by atoms with Crippen molar-refractivity contribution in [1.29, 1.82) is 0 Å². The molecule has 2 nitrogen and oxygen atoms in total. The third-order valence-corrected chi connectivity index (χ3v) is 5.73. The lowest BCUT2D eigenvalue weighted by atomic mass is 9.91. The third-order valence-electron chi connectivity index (χ3n) is 4.13. The molecular formula is C17H21BrN2S. The van der Waals surface area contributed by atoms with E-state index in [-0.39, 0.29) is 5.54 Å². The number of benzene rings is 1. The molecule has 1 fully saturated rings. The zero-order chi connectivity index (χ0) is 14.7. The van der Waals surface area contributed by atoms with Crippen LogP contribution in [0.3, 0.4) is 0 Å². The highest BCUT2D eigenvalue weighted by Gasteiger charge is 2.30. The number of nitrogens with one attached hydrogen (secondary N) is 1. The molecule has 1 aliphatic rings. The molecule has 0 radical (unpaired) electrons. The minimum Gasteiger partial charge on any atom is -0.307 e. The van der Waals surface area contributed by atoms with Crippen molar-refractivity contribution < 1.29 is 0 Å². The maximum absolute atomic E-state index is 3.75. The number of hydrogen-bond acceptors (Lipinski definition) is 3. The Morgan fingerprint density at radius 2 is 2.05 bits per heavy atom. The van der Waals surface area contributed by atoms with Crippen molar-refractivity contribution in [2.45, 2.75) is 25.4 Å². The fourth-order valence-corrected chi connectivity index (χ4v) is 4.57. The summed E-state index contributed by atoms with van der Waals surface area (Å²) in [5.41, 5.74) is 1.41. The average molecular weight is 365 g/mol. The first-order chi connectivity index (χ1) is 10.2. The van der Waals surface area contributed by atoms with Crippen LogP contribution in [0, 0.1) is 0 Å². The number of thiophene rings is 1. The van der Waals surface area contributed by atoms with Gasteiger partial charge >= 0.3 is 0 Å². The highest BCUT2D eigenvalue weighted by Crippen LogP contribution is 2.27. The summed E-state index contributed by atoms with van der Waals surface area (Å²) in [5.74, 6) is 0. The van der Waals surface area contributed by atoms with Gasteiger partial charge in [0.2, 0.25) is 0 Å². The van der Waals surface area contributed by atoms with Gasteiger partial charge in [0.25, 0.3) is 0 Å². The molecule has 0 bridgehead atoms. The van der Waals surface area contributed by atoms with E-state index in [0.29, 0.717) is 0 Å². The van der Waals surface area contributed by atoms with Crippen molar-refractivity contribution in [3.05, 3.63) is 56.7 Å². The second kappa shape index (κ2) is 6.61. The molecule has 0 spiro atoms. The zero-order valence-corrected chi connectivity index (χ0v) is 14.7. The molecular weight excluding hydrogens is 344 g/mol. The third kappa shape index (κ3) is 3.75. The number of nitrogens with zero attached hydrogens (tertiary/aromatic N) is 1. The van der Waals surface area contributed by atoms with Crippen LogP contribution in [0.5, 0.6) is 0 Å². The van der Waals surface area contributed by atoms with Crippen LogP contribution in [0.25, 0.3) is 0 Å². The molecule has 1 N–H and O–H groups in total. The number of halogens is 1. The second-order valence-corrected chi connectivity index (χ2v) is 8.44. The van der Waals surface area contributed by atoms with Gasteiger partial charge in [0, 0.05) is 18.0 Å². The normalized spacial score (nSPS) is 23.9. The first kappa shape index (κ1) is 15.2. The van der Waals surface area contributed by atoms with Gasteiger partial charge in [-0.25, -0.2) is 0 Å². The smallest absolute Gasteiger partial charge is 0.0701 e. The van der Waals surface area contributed by atoms with E-state index in [1.807, 2.05) is 11.3 Å². The Balaban J connectivity index is 1.77. The summed E-state index contributed by atoms with van der Waals surface area (Å²) >= 11 is 5.40. The molecule has 1 aromatic carbocycles. The van der Waals surface area contributed by atoms with Gasteiger partial charge in [0.15, 0.2) is 0 Å². The maximum atomic E-state index is 3.75. The SMILES string of the molecule is CC1(c2ccccc2)CN(Cc2ccc(Br)s2)CCCN1. The van der Waals surface area contributed by atoms with E-state index in [4.69, 9.17) is 0 Å². The lowest BCUT2D eigenvalue weighted by Crippen LogP contribution is -2.46. The van der Waals surface area contributed by atoms with Crippen LogP contribution in [-0.4, -0.2) is 24.5 Å². The van der Waals surface area contributed by atoms with E-state index in [2.05, 4.69) is 75.5 Å². The minimum absolute atomic E-state index is 0.0340. The molecule has 3 rings (SSSR count). The predicted molar refractivity (Wildman–Crippen MR) is 93.7 cm³/mol.